The summed E-state index contributed by atoms with van der Waals surface area (Å²) in [6.45, 7) is 3.76. The van der Waals surface area contributed by atoms with E-state index in [9.17, 15) is 18.7 Å². The number of hydrogen-bond donors (Lipinski definition) is 2. The molecule has 36 heavy (non-hydrogen) atoms. The van der Waals surface area contributed by atoms with Gasteiger partial charge in [0.2, 0.25) is 0 Å². The van der Waals surface area contributed by atoms with Crippen molar-refractivity contribution in [3.05, 3.63) is 69.3 Å². The molecule has 0 amide bonds. The molecule has 2 unspecified atom stereocenters. The van der Waals surface area contributed by atoms with Crippen molar-refractivity contribution in [2.75, 3.05) is 11.9 Å². The summed E-state index contributed by atoms with van der Waals surface area (Å²) >= 11 is 7.30. The highest BCUT2D eigenvalue weighted by Gasteiger charge is 2.48. The Kier molecular flexibility index (Phi) is 7.46. The van der Waals surface area contributed by atoms with Crippen LogP contribution >= 0.6 is 22.9 Å². The lowest BCUT2D eigenvalue weighted by atomic mass is 9.55. The van der Waals surface area contributed by atoms with E-state index in [-0.39, 0.29) is 42.1 Å². The lowest BCUT2D eigenvalue weighted by Gasteiger charge is -2.51. The fourth-order valence-corrected chi connectivity index (χ4v) is 5.67. The number of anilines is 2. The molecule has 6 nitrogen and oxygen atoms in total. The monoisotopic (exact) mass is 526 g/mol. The minimum atomic E-state index is -1.72. The molecule has 1 aliphatic rings. The fourth-order valence-electron chi connectivity index (χ4n) is 4.80. The maximum atomic E-state index is 14.8. The number of aliphatic carboxylic acids is 1. The molecule has 1 saturated heterocycles. The third-order valence-electron chi connectivity index (χ3n) is 6.64. The van der Waals surface area contributed by atoms with Crippen LogP contribution in [0.3, 0.4) is 0 Å². The van der Waals surface area contributed by atoms with Gasteiger partial charge in [0.25, 0.3) is 0 Å². The quantitative estimate of drug-likeness (QED) is 0.432. The maximum Gasteiger partial charge on any atom is 0.310 e. The second kappa shape index (κ2) is 10.1. The predicted molar refractivity (Wildman–Crippen MR) is 138 cm³/mol. The number of nitrogens with zero attached hydrogens (tertiary/aromatic N) is 3. The zero-order chi connectivity index (χ0) is 26.3. The Labute approximate surface area is 219 Å². The van der Waals surface area contributed by atoms with E-state index < -0.39 is 34.4 Å². The first-order chi connectivity index (χ1) is 16.9. The Morgan fingerprint density at radius 3 is 2.72 bits per heavy atom. The van der Waals surface area contributed by atoms with Gasteiger partial charge in [-0.25, -0.2) is 18.7 Å². The average Bonchev–Trinajstić information content (AvgIpc) is 3.22. The molecule has 4 radical (unpaired) electrons. The molecule has 4 rings (SSSR count). The maximum absolute atomic E-state index is 14.8. The number of thiazole rings is 1. The highest BCUT2D eigenvalue weighted by atomic mass is 35.5. The third-order valence-corrected chi connectivity index (χ3v) is 7.81. The predicted octanol–water partition coefficient (Wildman–Crippen LogP) is 4.77. The molecule has 0 bridgehead atoms. The topological polar surface area (TPSA) is 78.4 Å². The number of halogens is 3. The standard InChI is InChI=1S/C24H23B2ClF2N4O2S/c1-13-12-36-22(30-13)32-19-7-6-17(28)18(31-19)11-23(21(34)35)8-9-33(14(2)10-23)24(25,26)15-4-3-5-16(27)20(15)29/h3-7,12,14H,8-11H2,1-2H3,(H,34,35)(H,30,31,32). The Bertz CT molecular complexity index is 1290. The van der Waals surface area contributed by atoms with Crippen LogP contribution in [0.25, 0.3) is 0 Å². The number of carbonyl (C=O) groups is 1. The molecule has 12 heteroatoms. The SMILES string of the molecule is [B]C([B])(c1cccc(Cl)c1F)N1CCC(Cc2nc(Nc3nc(C)cs3)ccc2F)(C(=O)O)CC1C. The molecule has 184 valence electrons. The number of rotatable bonds is 7. The van der Waals surface area contributed by atoms with Crippen LogP contribution in [0, 0.1) is 24.0 Å². The molecule has 2 aromatic heterocycles. The molecule has 1 fully saturated rings. The zero-order valence-corrected chi connectivity index (χ0v) is 21.3. The summed E-state index contributed by atoms with van der Waals surface area (Å²) in [7, 11) is 12.8. The van der Waals surface area contributed by atoms with Gasteiger partial charge in [-0.2, -0.15) is 0 Å². The lowest BCUT2D eigenvalue weighted by molar-refractivity contribution is -0.154. The fraction of sp³-hybridized carbons (Fsp3) is 0.375. The Hall–Kier alpha value is -2.49. The minimum absolute atomic E-state index is 0.00795. The highest BCUT2D eigenvalue weighted by molar-refractivity contribution is 7.13. The number of aromatic nitrogens is 2. The van der Waals surface area contributed by atoms with Gasteiger partial charge in [0.1, 0.15) is 17.5 Å². The normalized spacial score (nSPS) is 20.9. The van der Waals surface area contributed by atoms with Gasteiger partial charge < -0.3 is 15.3 Å². The molecule has 0 aliphatic carbocycles. The molecule has 2 atom stereocenters. The number of piperidine rings is 1. The van der Waals surface area contributed by atoms with E-state index in [1.807, 2.05) is 12.3 Å². The van der Waals surface area contributed by atoms with Crippen LogP contribution in [0.15, 0.2) is 35.7 Å². The summed E-state index contributed by atoms with van der Waals surface area (Å²) in [6.07, 6.45) is 0.0764. The summed E-state index contributed by atoms with van der Waals surface area (Å²) in [5.74, 6) is -2.03. The number of carboxylic acids is 1. The van der Waals surface area contributed by atoms with Gasteiger partial charge in [-0.1, -0.05) is 23.7 Å². The van der Waals surface area contributed by atoms with E-state index >= 15 is 0 Å². The van der Waals surface area contributed by atoms with Crippen LogP contribution in [-0.2, 0) is 16.6 Å². The Balaban J connectivity index is 1.58. The number of pyridine rings is 1. The number of benzene rings is 1. The number of nitrogens with one attached hydrogen (secondary N) is 1. The van der Waals surface area contributed by atoms with Crippen LogP contribution in [0.1, 0.15) is 36.7 Å². The molecule has 3 aromatic rings. The molecule has 1 aromatic carbocycles. The lowest BCUT2D eigenvalue weighted by Crippen LogP contribution is -2.59. The van der Waals surface area contributed by atoms with Crippen molar-refractivity contribution in [2.45, 2.75) is 44.5 Å². The van der Waals surface area contributed by atoms with Gasteiger partial charge in [-0.15, -0.1) is 11.3 Å². The summed E-state index contributed by atoms with van der Waals surface area (Å²) in [4.78, 5) is 22.8. The largest absolute Gasteiger partial charge is 0.481 e. The zero-order valence-electron chi connectivity index (χ0n) is 19.8. The average molecular weight is 527 g/mol. The van der Waals surface area contributed by atoms with E-state index in [2.05, 4.69) is 15.3 Å². The molecule has 0 spiro atoms. The van der Waals surface area contributed by atoms with E-state index in [0.29, 0.717) is 10.9 Å². The first kappa shape index (κ1) is 26.6. The molecule has 2 N–H and O–H groups in total. The molecule has 1 aliphatic heterocycles. The van der Waals surface area contributed by atoms with Gasteiger partial charge in [0.05, 0.1) is 37.5 Å². The van der Waals surface area contributed by atoms with Gasteiger partial charge in [-0.3, -0.25) is 4.79 Å². The first-order valence-electron chi connectivity index (χ1n) is 11.3. The highest BCUT2D eigenvalue weighted by Crippen LogP contribution is 2.42. The van der Waals surface area contributed by atoms with E-state index in [0.717, 1.165) is 5.69 Å². The summed E-state index contributed by atoms with van der Waals surface area (Å²) in [5, 5.41) is 13.9. The van der Waals surface area contributed by atoms with Crippen molar-refractivity contribution in [1.29, 1.82) is 0 Å². The van der Waals surface area contributed by atoms with Crippen LogP contribution in [-0.4, -0.2) is 54.2 Å². The van der Waals surface area contributed by atoms with Crippen molar-refractivity contribution in [2.24, 2.45) is 5.41 Å². The minimum Gasteiger partial charge on any atom is -0.481 e. The van der Waals surface area contributed by atoms with Crippen LogP contribution in [0.2, 0.25) is 5.02 Å². The summed E-state index contributed by atoms with van der Waals surface area (Å²) in [6, 6.07) is 6.66. The second-order valence-electron chi connectivity index (χ2n) is 9.23. The third kappa shape index (κ3) is 5.14. The number of likely N-dealkylation sites (tertiary alicyclic amines) is 1. The van der Waals surface area contributed by atoms with E-state index in [1.54, 1.807) is 17.9 Å². The summed E-state index contributed by atoms with van der Waals surface area (Å²) < 4.78 is 29.5. The number of hydrogen-bond acceptors (Lipinski definition) is 6. The summed E-state index contributed by atoms with van der Waals surface area (Å²) in [5.41, 5.74) is -0.440. The van der Waals surface area contributed by atoms with Crippen molar-refractivity contribution < 1.29 is 18.7 Å². The molecule has 3 heterocycles. The van der Waals surface area contributed by atoms with Crippen molar-refractivity contribution in [3.8, 4) is 0 Å². The van der Waals surface area contributed by atoms with Crippen LogP contribution in [0.4, 0.5) is 19.7 Å². The van der Waals surface area contributed by atoms with Gasteiger partial charge in [0, 0.05) is 17.8 Å². The molecular weight excluding hydrogens is 503 g/mol. The Morgan fingerprint density at radius 2 is 2.08 bits per heavy atom. The molecule has 0 saturated carbocycles. The Morgan fingerprint density at radius 1 is 1.33 bits per heavy atom. The van der Waals surface area contributed by atoms with Crippen LogP contribution < -0.4 is 5.32 Å². The van der Waals surface area contributed by atoms with Gasteiger partial charge in [-0.05, 0) is 62.3 Å². The van der Waals surface area contributed by atoms with E-state index in [1.165, 1.54) is 35.6 Å². The van der Waals surface area contributed by atoms with Crippen LogP contribution in [0.5, 0.6) is 0 Å². The van der Waals surface area contributed by atoms with Crippen molar-refractivity contribution >= 4 is 55.5 Å². The van der Waals surface area contributed by atoms with Gasteiger partial charge in [0.15, 0.2) is 5.13 Å². The second-order valence-corrected chi connectivity index (χ2v) is 10.5. The van der Waals surface area contributed by atoms with Crippen molar-refractivity contribution in [1.82, 2.24) is 14.9 Å². The molecular formula is C24H23B2ClF2N4O2S. The van der Waals surface area contributed by atoms with Crippen molar-refractivity contribution in [3.63, 3.8) is 0 Å². The first-order valence-corrected chi connectivity index (χ1v) is 12.6. The number of aryl methyl sites for hydroxylation is 1. The smallest absolute Gasteiger partial charge is 0.310 e. The van der Waals surface area contributed by atoms with E-state index in [4.69, 9.17) is 27.3 Å². The number of carboxylic acid groups (broad SMARTS) is 1. The van der Waals surface area contributed by atoms with Gasteiger partial charge >= 0.3 is 5.97 Å².